The molecule has 5 N–H and O–H groups in total. The van der Waals surface area contributed by atoms with Crippen molar-refractivity contribution in [2.24, 2.45) is 0 Å². The Morgan fingerprint density at radius 1 is 0.833 bits per heavy atom. The Bertz CT molecular complexity index is 296. The van der Waals surface area contributed by atoms with Gasteiger partial charge in [-0.1, -0.05) is 0 Å². The van der Waals surface area contributed by atoms with Crippen LogP contribution in [0.4, 0.5) is 0 Å². The van der Waals surface area contributed by atoms with E-state index in [0.717, 1.165) is 0 Å². The minimum atomic E-state index is -0.802. The van der Waals surface area contributed by atoms with Crippen LogP contribution in [0.5, 0.6) is 0 Å². The SMILES string of the molecule is O.O=c1[nH]c(=O)[nH]c(=O)[nH]1.[H-].[H-].[Mg+2].[SnH3]. The van der Waals surface area contributed by atoms with Crippen LogP contribution in [0.2, 0.25) is 0 Å². The number of aromatic amines is 3. The monoisotopic (exact) mass is 296 g/mol. The third-order valence-corrected chi connectivity index (χ3v) is 0.681. The van der Waals surface area contributed by atoms with E-state index in [1.807, 2.05) is 0 Å². The standard InChI is InChI=1S/C3H3N3O3.Mg.H2O.Sn.5H/c7-1-4-2(8)6-3(9)5-1;;;;;;;;/h(H3,4,5,6,7,8,9);;1H2;;;;;;/q;+2;;;;;;2*-1. The quantitative estimate of drug-likeness (QED) is 0.418. The number of hydrogen-bond donors (Lipinski definition) is 3. The van der Waals surface area contributed by atoms with Crippen molar-refractivity contribution in [1.82, 2.24) is 15.0 Å². The summed E-state index contributed by atoms with van der Waals surface area (Å²) < 4.78 is 0. The molecule has 0 bridgehead atoms. The van der Waals surface area contributed by atoms with E-state index < -0.39 is 17.1 Å². The number of aromatic nitrogens is 3. The van der Waals surface area contributed by atoms with Gasteiger partial charge in [-0.2, -0.15) is 0 Å². The Morgan fingerprint density at radius 3 is 1.17 bits per heavy atom. The first-order valence-corrected chi connectivity index (χ1v) is 2.11. The van der Waals surface area contributed by atoms with Gasteiger partial charge in [0.1, 0.15) is 0 Å². The molecule has 67 valence electrons. The van der Waals surface area contributed by atoms with Crippen molar-refractivity contribution in [3.05, 3.63) is 31.5 Å². The average Bonchev–Trinajstić information content (AvgIpc) is 1.59. The summed E-state index contributed by atoms with van der Waals surface area (Å²) in [6, 6.07) is 0. The number of H-pyrrole nitrogens is 3. The predicted octanol–water partition coefficient (Wildman–Crippen LogP) is -4.41. The zero-order chi connectivity index (χ0) is 6.85. The normalized spacial score (nSPS) is 7.00. The molecular formula is C3H10MgN3O4Sn. The molecule has 0 fully saturated rings. The van der Waals surface area contributed by atoms with Gasteiger partial charge in [0.2, 0.25) is 0 Å². The van der Waals surface area contributed by atoms with Gasteiger partial charge < -0.3 is 8.33 Å². The van der Waals surface area contributed by atoms with Crippen molar-refractivity contribution in [3.8, 4) is 0 Å². The maximum atomic E-state index is 10.2. The number of hydrogen-bond acceptors (Lipinski definition) is 3. The zero-order valence-corrected chi connectivity index (χ0v) is 13.6. The van der Waals surface area contributed by atoms with E-state index in [1.54, 1.807) is 15.0 Å². The van der Waals surface area contributed by atoms with Crippen molar-refractivity contribution in [1.29, 1.82) is 0 Å². The summed E-state index contributed by atoms with van der Waals surface area (Å²) in [5.74, 6) is 0. The third kappa shape index (κ3) is 5.57. The van der Waals surface area contributed by atoms with Crippen molar-refractivity contribution < 1.29 is 8.33 Å². The number of nitrogens with one attached hydrogen (secondary N) is 3. The van der Waals surface area contributed by atoms with Crippen molar-refractivity contribution >= 4 is 47.0 Å². The van der Waals surface area contributed by atoms with Gasteiger partial charge in [0.15, 0.2) is 0 Å². The van der Waals surface area contributed by atoms with Gasteiger partial charge in [-0.05, 0) is 0 Å². The first-order chi connectivity index (χ1) is 4.18. The van der Waals surface area contributed by atoms with Gasteiger partial charge in [0, 0.05) is 0 Å². The van der Waals surface area contributed by atoms with Gasteiger partial charge in [0.25, 0.3) is 0 Å². The van der Waals surface area contributed by atoms with Gasteiger partial charge >= 0.3 is 64.0 Å². The average molecular weight is 295 g/mol. The van der Waals surface area contributed by atoms with E-state index in [0.29, 0.717) is 0 Å². The summed E-state index contributed by atoms with van der Waals surface area (Å²) in [6.45, 7) is 0. The predicted molar refractivity (Wildman–Crippen MR) is 49.8 cm³/mol. The second-order valence-electron chi connectivity index (χ2n) is 1.36. The first-order valence-electron chi connectivity index (χ1n) is 2.11. The van der Waals surface area contributed by atoms with Gasteiger partial charge in [-0.25, -0.2) is 14.4 Å². The molecule has 7 nitrogen and oxygen atoms in total. The molecule has 1 aromatic rings. The minimum absolute atomic E-state index is 0. The Kier molecular flexibility index (Phi) is 11.3. The molecule has 12 heavy (non-hydrogen) atoms. The van der Waals surface area contributed by atoms with Crippen LogP contribution in [0.25, 0.3) is 0 Å². The molecule has 1 rings (SSSR count). The molecule has 0 unspecified atom stereocenters. The molecule has 0 saturated heterocycles. The van der Waals surface area contributed by atoms with E-state index in [2.05, 4.69) is 0 Å². The topological polar surface area (TPSA) is 130 Å². The Balaban J connectivity index is -0.0000000540. The fourth-order valence-corrected chi connectivity index (χ4v) is 0.403. The molecule has 0 aromatic carbocycles. The Labute approximate surface area is 101 Å². The summed E-state index contributed by atoms with van der Waals surface area (Å²) in [7, 11) is 0. The first kappa shape index (κ1) is 17.9. The molecule has 1 aromatic heterocycles. The molecule has 0 atom stereocenters. The van der Waals surface area contributed by atoms with E-state index >= 15 is 0 Å². The third-order valence-electron chi connectivity index (χ3n) is 0.681. The van der Waals surface area contributed by atoms with Crippen LogP contribution in [-0.2, 0) is 0 Å². The van der Waals surface area contributed by atoms with Crippen LogP contribution in [-0.4, -0.2) is 67.4 Å². The molecule has 0 aliphatic heterocycles. The second kappa shape index (κ2) is 7.58. The molecule has 0 amide bonds. The molecule has 0 spiro atoms. The van der Waals surface area contributed by atoms with Crippen molar-refractivity contribution in [2.45, 2.75) is 0 Å². The Morgan fingerprint density at radius 2 is 1.00 bits per heavy atom. The molecule has 0 saturated carbocycles. The van der Waals surface area contributed by atoms with E-state index in [-0.39, 0.29) is 55.3 Å². The zero-order valence-electron chi connectivity index (χ0n) is 8.43. The fourth-order valence-electron chi connectivity index (χ4n) is 0.403. The van der Waals surface area contributed by atoms with Crippen LogP contribution in [0, 0.1) is 0 Å². The van der Waals surface area contributed by atoms with E-state index in [4.69, 9.17) is 0 Å². The fraction of sp³-hybridized carbons (Fsp3) is 0. The second-order valence-corrected chi connectivity index (χ2v) is 1.36. The van der Waals surface area contributed by atoms with Crippen LogP contribution in [0.3, 0.4) is 0 Å². The molecule has 1 radical (unpaired) electrons. The van der Waals surface area contributed by atoms with E-state index in [1.165, 1.54) is 0 Å². The van der Waals surface area contributed by atoms with Gasteiger partial charge in [0.05, 0.1) is 0 Å². The summed E-state index contributed by atoms with van der Waals surface area (Å²) >= 11 is 0. The molecule has 0 aliphatic rings. The summed E-state index contributed by atoms with van der Waals surface area (Å²) in [5.41, 5.74) is -2.41. The Hall–Kier alpha value is -0.0651. The summed E-state index contributed by atoms with van der Waals surface area (Å²) in [4.78, 5) is 35.9. The van der Waals surface area contributed by atoms with Gasteiger partial charge in [-0.3, -0.25) is 15.0 Å². The molecule has 1 heterocycles. The molecule has 0 aliphatic carbocycles. The van der Waals surface area contributed by atoms with Crippen molar-refractivity contribution in [2.75, 3.05) is 0 Å². The summed E-state index contributed by atoms with van der Waals surface area (Å²) in [6.07, 6.45) is 0. The van der Waals surface area contributed by atoms with Crippen LogP contribution in [0.15, 0.2) is 14.4 Å². The van der Waals surface area contributed by atoms with E-state index in [9.17, 15) is 14.4 Å². The van der Waals surface area contributed by atoms with Crippen molar-refractivity contribution in [3.63, 3.8) is 0 Å². The number of rotatable bonds is 0. The molecule has 9 heteroatoms. The van der Waals surface area contributed by atoms with Crippen LogP contribution in [0.1, 0.15) is 2.85 Å². The molecular weight excluding hydrogens is 285 g/mol. The van der Waals surface area contributed by atoms with Crippen LogP contribution < -0.4 is 17.1 Å². The maximum absolute atomic E-state index is 10.2. The summed E-state index contributed by atoms with van der Waals surface area (Å²) in [5, 5.41) is 0. The van der Waals surface area contributed by atoms with Gasteiger partial charge in [-0.15, -0.1) is 0 Å². The van der Waals surface area contributed by atoms with Crippen LogP contribution >= 0.6 is 0 Å².